The molecule has 5 nitrogen and oxygen atoms in total. The highest BCUT2D eigenvalue weighted by molar-refractivity contribution is 5.83. The summed E-state index contributed by atoms with van der Waals surface area (Å²) in [6.07, 6.45) is -0.521. The highest BCUT2D eigenvalue weighted by Crippen LogP contribution is 2.18. The number of hydrogen-bond donors (Lipinski definition) is 2. The zero-order chi connectivity index (χ0) is 14.7. The van der Waals surface area contributed by atoms with Crippen molar-refractivity contribution in [3.8, 4) is 0 Å². The number of nitrogens with one attached hydrogen (secondary N) is 2. The maximum Gasteiger partial charge on any atom is 0.407 e. The summed E-state index contributed by atoms with van der Waals surface area (Å²) in [6, 6.07) is 5.81. The Labute approximate surface area is 117 Å². The van der Waals surface area contributed by atoms with Gasteiger partial charge in [-0.15, -0.1) is 0 Å². The van der Waals surface area contributed by atoms with Crippen LogP contribution in [0.5, 0.6) is 0 Å². The first kappa shape index (κ1) is 14.1. The molecular formula is C15H18N2O3. The Balaban J connectivity index is 2.33. The molecule has 0 spiro atoms. The van der Waals surface area contributed by atoms with Gasteiger partial charge < -0.3 is 15.0 Å². The lowest BCUT2D eigenvalue weighted by Crippen LogP contribution is -2.27. The fourth-order valence-electron chi connectivity index (χ4n) is 2.20. The molecule has 1 amide bonds. The number of hydrogen-bond acceptors (Lipinski definition) is 3. The van der Waals surface area contributed by atoms with E-state index in [2.05, 4.69) is 16.4 Å². The average Bonchev–Trinajstić information content (AvgIpc) is 2.36. The Morgan fingerprint density at radius 2 is 2.05 bits per heavy atom. The Morgan fingerprint density at radius 3 is 2.75 bits per heavy atom. The van der Waals surface area contributed by atoms with Crippen LogP contribution in [0.2, 0.25) is 0 Å². The summed E-state index contributed by atoms with van der Waals surface area (Å²) in [7, 11) is 0. The van der Waals surface area contributed by atoms with Gasteiger partial charge in [0, 0.05) is 16.5 Å². The standard InChI is InChI=1S/C15H18N2O3/c1-4-20-15(19)16-8-11-7-12-10(3)5-9(2)6-13(12)17-14(11)18/h5-7H,4,8H2,1-3H3,(H,16,19)(H,17,18). The molecule has 2 aromatic rings. The van der Waals surface area contributed by atoms with Crippen LogP contribution in [0.3, 0.4) is 0 Å². The molecule has 0 unspecified atom stereocenters. The van der Waals surface area contributed by atoms with Crippen molar-refractivity contribution < 1.29 is 9.53 Å². The molecule has 1 aromatic carbocycles. The first-order valence-corrected chi connectivity index (χ1v) is 6.55. The molecule has 1 heterocycles. The smallest absolute Gasteiger partial charge is 0.407 e. The average molecular weight is 274 g/mol. The molecule has 0 radical (unpaired) electrons. The second kappa shape index (κ2) is 5.77. The number of carbonyl (C=O) groups is 1. The summed E-state index contributed by atoms with van der Waals surface area (Å²) in [5.41, 5.74) is 3.32. The van der Waals surface area contributed by atoms with Gasteiger partial charge in [-0.3, -0.25) is 4.79 Å². The van der Waals surface area contributed by atoms with Crippen LogP contribution in [0, 0.1) is 13.8 Å². The van der Waals surface area contributed by atoms with Gasteiger partial charge in [0.25, 0.3) is 5.56 Å². The predicted molar refractivity (Wildman–Crippen MR) is 77.9 cm³/mol. The zero-order valence-electron chi connectivity index (χ0n) is 11.9. The van der Waals surface area contributed by atoms with Crippen LogP contribution in [0.4, 0.5) is 4.79 Å². The molecule has 0 aliphatic heterocycles. The van der Waals surface area contributed by atoms with Crippen LogP contribution < -0.4 is 10.9 Å². The molecule has 106 valence electrons. The molecule has 0 aliphatic rings. The van der Waals surface area contributed by atoms with Crippen molar-refractivity contribution in [3.05, 3.63) is 45.2 Å². The highest BCUT2D eigenvalue weighted by atomic mass is 16.5. The van der Waals surface area contributed by atoms with Crippen molar-refractivity contribution >= 4 is 17.0 Å². The number of aryl methyl sites for hydroxylation is 2. The SMILES string of the molecule is CCOC(=O)NCc1cc2c(C)cc(C)cc2[nH]c1=O. The number of amides is 1. The number of benzene rings is 1. The van der Waals surface area contributed by atoms with E-state index in [1.807, 2.05) is 26.0 Å². The number of aromatic amines is 1. The van der Waals surface area contributed by atoms with Crippen LogP contribution in [0.15, 0.2) is 23.0 Å². The molecule has 20 heavy (non-hydrogen) atoms. The van der Waals surface area contributed by atoms with Crippen molar-refractivity contribution in [3.63, 3.8) is 0 Å². The van der Waals surface area contributed by atoms with Gasteiger partial charge in [0.05, 0.1) is 13.2 Å². The molecule has 0 aliphatic carbocycles. The Morgan fingerprint density at radius 1 is 1.30 bits per heavy atom. The van der Waals surface area contributed by atoms with Crippen LogP contribution in [-0.4, -0.2) is 17.7 Å². The van der Waals surface area contributed by atoms with Gasteiger partial charge in [0.2, 0.25) is 0 Å². The first-order valence-electron chi connectivity index (χ1n) is 6.55. The summed E-state index contributed by atoms with van der Waals surface area (Å²) in [4.78, 5) is 26.1. The third-order valence-corrected chi connectivity index (χ3v) is 3.09. The maximum atomic E-state index is 12.0. The molecule has 0 bridgehead atoms. The summed E-state index contributed by atoms with van der Waals surface area (Å²) < 4.78 is 4.77. The second-order valence-corrected chi connectivity index (χ2v) is 4.74. The van der Waals surface area contributed by atoms with Gasteiger partial charge in [-0.1, -0.05) is 6.07 Å². The minimum absolute atomic E-state index is 0.150. The van der Waals surface area contributed by atoms with Crippen LogP contribution in [0.25, 0.3) is 10.9 Å². The van der Waals surface area contributed by atoms with Crippen molar-refractivity contribution in [2.75, 3.05) is 6.61 Å². The number of H-pyrrole nitrogens is 1. The molecule has 0 fully saturated rings. The summed E-state index contributed by atoms with van der Waals surface area (Å²) in [5.74, 6) is 0. The van der Waals surface area contributed by atoms with Gasteiger partial charge in [-0.05, 0) is 44.0 Å². The molecule has 2 N–H and O–H groups in total. The number of ether oxygens (including phenoxy) is 1. The molecule has 0 atom stereocenters. The van der Waals surface area contributed by atoms with E-state index >= 15 is 0 Å². The molecular weight excluding hydrogens is 256 g/mol. The van der Waals surface area contributed by atoms with E-state index in [1.54, 1.807) is 6.92 Å². The lowest BCUT2D eigenvalue weighted by molar-refractivity contribution is 0.151. The quantitative estimate of drug-likeness (QED) is 0.902. The Bertz CT molecular complexity index is 704. The van der Waals surface area contributed by atoms with Crippen molar-refractivity contribution in [1.82, 2.24) is 10.3 Å². The number of pyridine rings is 1. The molecule has 0 saturated heterocycles. The van der Waals surface area contributed by atoms with Gasteiger partial charge in [-0.2, -0.15) is 0 Å². The lowest BCUT2D eigenvalue weighted by Gasteiger charge is -2.08. The molecule has 0 saturated carbocycles. The largest absolute Gasteiger partial charge is 0.450 e. The van der Waals surface area contributed by atoms with E-state index in [0.717, 1.165) is 22.0 Å². The zero-order valence-corrected chi connectivity index (χ0v) is 11.9. The fourth-order valence-corrected chi connectivity index (χ4v) is 2.20. The minimum Gasteiger partial charge on any atom is -0.450 e. The van der Waals surface area contributed by atoms with Gasteiger partial charge >= 0.3 is 6.09 Å². The van der Waals surface area contributed by atoms with Crippen molar-refractivity contribution in [2.45, 2.75) is 27.3 Å². The summed E-state index contributed by atoms with van der Waals surface area (Å²) in [6.45, 7) is 6.17. The van der Waals surface area contributed by atoms with Gasteiger partial charge in [-0.25, -0.2) is 4.79 Å². The highest BCUT2D eigenvalue weighted by Gasteiger charge is 2.07. The number of carbonyl (C=O) groups excluding carboxylic acids is 1. The Hall–Kier alpha value is -2.30. The number of rotatable bonds is 3. The van der Waals surface area contributed by atoms with E-state index in [-0.39, 0.29) is 12.1 Å². The van der Waals surface area contributed by atoms with Gasteiger partial charge in [0.15, 0.2) is 0 Å². The van der Waals surface area contributed by atoms with Crippen molar-refractivity contribution in [2.24, 2.45) is 0 Å². The third kappa shape index (κ3) is 2.99. The molecule has 1 aromatic heterocycles. The van der Waals surface area contributed by atoms with E-state index < -0.39 is 6.09 Å². The minimum atomic E-state index is -0.521. The fraction of sp³-hybridized carbons (Fsp3) is 0.333. The number of aromatic nitrogens is 1. The van der Waals surface area contributed by atoms with Crippen LogP contribution in [0.1, 0.15) is 23.6 Å². The number of alkyl carbamates (subject to hydrolysis) is 1. The van der Waals surface area contributed by atoms with Gasteiger partial charge in [0.1, 0.15) is 0 Å². The van der Waals surface area contributed by atoms with Crippen LogP contribution >= 0.6 is 0 Å². The normalized spacial score (nSPS) is 10.6. The van der Waals surface area contributed by atoms with E-state index in [4.69, 9.17) is 4.74 Å². The monoisotopic (exact) mass is 274 g/mol. The third-order valence-electron chi connectivity index (χ3n) is 3.09. The predicted octanol–water partition coefficient (Wildman–Crippen LogP) is 2.39. The molecule has 5 heteroatoms. The van der Waals surface area contributed by atoms with Crippen molar-refractivity contribution in [1.29, 1.82) is 0 Å². The number of fused-ring (bicyclic) bond motifs is 1. The lowest BCUT2D eigenvalue weighted by atomic mass is 10.0. The van der Waals surface area contributed by atoms with E-state index in [9.17, 15) is 9.59 Å². The first-order chi connectivity index (χ1) is 9.51. The summed E-state index contributed by atoms with van der Waals surface area (Å²) in [5, 5.41) is 3.54. The van der Waals surface area contributed by atoms with Crippen LogP contribution in [-0.2, 0) is 11.3 Å². The molecule has 2 rings (SSSR count). The second-order valence-electron chi connectivity index (χ2n) is 4.74. The summed E-state index contributed by atoms with van der Waals surface area (Å²) >= 11 is 0. The maximum absolute atomic E-state index is 12.0. The topological polar surface area (TPSA) is 71.2 Å². The van der Waals surface area contributed by atoms with E-state index in [1.165, 1.54) is 0 Å². The Kier molecular flexibility index (Phi) is 4.08. The van der Waals surface area contributed by atoms with E-state index in [0.29, 0.717) is 12.2 Å².